The summed E-state index contributed by atoms with van der Waals surface area (Å²) >= 11 is 1.92. The van der Waals surface area contributed by atoms with Gasteiger partial charge in [-0.2, -0.15) is 0 Å². The van der Waals surface area contributed by atoms with Gasteiger partial charge in [-0.1, -0.05) is 49.8 Å². The van der Waals surface area contributed by atoms with Gasteiger partial charge in [-0.3, -0.25) is 4.90 Å². The minimum atomic E-state index is 1.02. The molecule has 0 atom stereocenters. The Labute approximate surface area is 166 Å². The van der Waals surface area contributed by atoms with Crippen LogP contribution in [0.25, 0.3) is 16.5 Å². The van der Waals surface area contributed by atoms with Crippen molar-refractivity contribution in [3.05, 3.63) is 71.9 Å². The molecule has 3 aromatic rings. The molecule has 0 saturated heterocycles. The van der Waals surface area contributed by atoms with Gasteiger partial charge in [0.1, 0.15) is 0 Å². The van der Waals surface area contributed by atoms with Crippen molar-refractivity contribution in [3.63, 3.8) is 0 Å². The Morgan fingerprint density at radius 2 is 2.00 bits per heavy atom. The molecule has 0 saturated carbocycles. The lowest BCUT2D eigenvalue weighted by Gasteiger charge is -2.26. The standard InChI is InChI=1S/C24H28N2S/c1-2-3-13-26-14-11-20(12-15-26)23-17-25-24-10-9-21(16-22(23)24)27-18-19-7-5-4-6-8-19/h4-11,16-17,25H,2-3,12-15,18H2,1H3. The smallest absolute Gasteiger partial charge is 0.0461 e. The van der Waals surface area contributed by atoms with E-state index in [-0.39, 0.29) is 0 Å². The number of H-pyrrole nitrogens is 1. The number of aromatic amines is 1. The van der Waals surface area contributed by atoms with E-state index in [1.807, 2.05) is 11.8 Å². The van der Waals surface area contributed by atoms with Crippen LogP contribution in [0.15, 0.2) is 65.7 Å². The second kappa shape index (κ2) is 8.81. The van der Waals surface area contributed by atoms with Crippen LogP contribution in [0.4, 0.5) is 0 Å². The molecule has 1 aliphatic rings. The Morgan fingerprint density at radius 1 is 1.11 bits per heavy atom. The summed E-state index contributed by atoms with van der Waals surface area (Å²) in [5.41, 5.74) is 5.50. The molecule has 0 aliphatic carbocycles. The molecular weight excluding hydrogens is 348 g/mol. The highest BCUT2D eigenvalue weighted by molar-refractivity contribution is 7.98. The van der Waals surface area contributed by atoms with Crippen LogP contribution in [0.1, 0.15) is 37.3 Å². The Balaban J connectivity index is 1.50. The van der Waals surface area contributed by atoms with Crippen LogP contribution >= 0.6 is 11.8 Å². The van der Waals surface area contributed by atoms with Crippen molar-refractivity contribution in [2.24, 2.45) is 0 Å². The average Bonchev–Trinajstić information content (AvgIpc) is 3.15. The first-order valence-corrected chi connectivity index (χ1v) is 11.0. The molecule has 1 N–H and O–H groups in total. The topological polar surface area (TPSA) is 19.0 Å². The van der Waals surface area contributed by atoms with Crippen molar-refractivity contribution in [2.45, 2.75) is 36.8 Å². The normalized spacial score (nSPS) is 15.2. The average molecular weight is 377 g/mol. The zero-order valence-corrected chi connectivity index (χ0v) is 16.9. The molecule has 0 amide bonds. The predicted octanol–water partition coefficient (Wildman–Crippen LogP) is 6.35. The van der Waals surface area contributed by atoms with E-state index >= 15 is 0 Å². The quantitative estimate of drug-likeness (QED) is 0.485. The molecular formula is C24H28N2S. The molecule has 140 valence electrons. The number of aromatic nitrogens is 1. The van der Waals surface area contributed by atoms with Crippen LogP contribution < -0.4 is 0 Å². The third-order valence-electron chi connectivity index (χ3n) is 5.37. The second-order valence-corrected chi connectivity index (χ2v) is 8.37. The maximum absolute atomic E-state index is 3.47. The number of benzene rings is 2. The molecule has 2 aromatic carbocycles. The maximum atomic E-state index is 3.47. The molecule has 27 heavy (non-hydrogen) atoms. The number of hydrogen-bond donors (Lipinski definition) is 1. The van der Waals surface area contributed by atoms with Crippen molar-refractivity contribution >= 4 is 28.2 Å². The fourth-order valence-corrected chi connectivity index (χ4v) is 4.63. The van der Waals surface area contributed by atoms with Gasteiger partial charge >= 0.3 is 0 Å². The summed E-state index contributed by atoms with van der Waals surface area (Å²) in [6.45, 7) is 5.77. The Morgan fingerprint density at radius 3 is 2.78 bits per heavy atom. The van der Waals surface area contributed by atoms with Gasteiger partial charge in [0.25, 0.3) is 0 Å². The van der Waals surface area contributed by atoms with Crippen molar-refractivity contribution < 1.29 is 0 Å². The van der Waals surface area contributed by atoms with Crippen molar-refractivity contribution in [2.75, 3.05) is 19.6 Å². The van der Waals surface area contributed by atoms with E-state index in [1.54, 1.807) is 0 Å². The van der Waals surface area contributed by atoms with E-state index in [4.69, 9.17) is 0 Å². The van der Waals surface area contributed by atoms with E-state index in [0.29, 0.717) is 0 Å². The molecule has 2 nitrogen and oxygen atoms in total. The Hall–Kier alpha value is -1.97. The van der Waals surface area contributed by atoms with Gasteiger partial charge < -0.3 is 4.98 Å². The number of nitrogens with zero attached hydrogens (tertiary/aromatic N) is 1. The van der Waals surface area contributed by atoms with Gasteiger partial charge in [0, 0.05) is 46.4 Å². The molecule has 0 spiro atoms. The number of hydrogen-bond acceptors (Lipinski definition) is 2. The molecule has 4 rings (SSSR count). The summed E-state index contributed by atoms with van der Waals surface area (Å²) in [5.74, 6) is 1.02. The Kier molecular flexibility index (Phi) is 6.00. The van der Waals surface area contributed by atoms with Crippen molar-refractivity contribution in [3.8, 4) is 0 Å². The highest BCUT2D eigenvalue weighted by Gasteiger charge is 2.15. The third-order valence-corrected chi connectivity index (χ3v) is 6.43. The van der Waals surface area contributed by atoms with Gasteiger partial charge in [-0.05, 0) is 48.7 Å². The van der Waals surface area contributed by atoms with Gasteiger partial charge in [0.15, 0.2) is 0 Å². The molecule has 0 bridgehead atoms. The number of thioether (sulfide) groups is 1. The summed E-state index contributed by atoms with van der Waals surface area (Å²) < 4.78 is 0. The van der Waals surface area contributed by atoms with E-state index in [9.17, 15) is 0 Å². The number of unbranched alkanes of at least 4 members (excludes halogenated alkanes) is 1. The summed E-state index contributed by atoms with van der Waals surface area (Å²) in [5, 5.41) is 1.36. The fraction of sp³-hybridized carbons (Fsp3) is 0.333. The largest absolute Gasteiger partial charge is 0.361 e. The number of rotatable bonds is 7. The predicted molar refractivity (Wildman–Crippen MR) is 118 cm³/mol. The summed E-state index contributed by atoms with van der Waals surface area (Å²) in [6.07, 6.45) is 8.37. The zero-order valence-electron chi connectivity index (χ0n) is 16.1. The summed E-state index contributed by atoms with van der Waals surface area (Å²) in [4.78, 5) is 7.38. The molecule has 0 unspecified atom stereocenters. The third kappa shape index (κ3) is 4.48. The number of nitrogens with one attached hydrogen (secondary N) is 1. The lowest BCUT2D eigenvalue weighted by atomic mass is 9.99. The molecule has 2 heterocycles. The van der Waals surface area contributed by atoms with Gasteiger partial charge in [-0.15, -0.1) is 11.8 Å². The molecule has 0 radical (unpaired) electrons. The molecule has 0 fully saturated rings. The lowest BCUT2D eigenvalue weighted by molar-refractivity contribution is 0.297. The van der Waals surface area contributed by atoms with E-state index < -0.39 is 0 Å². The van der Waals surface area contributed by atoms with E-state index in [1.165, 1.54) is 58.4 Å². The highest BCUT2D eigenvalue weighted by Crippen LogP contribution is 2.33. The minimum Gasteiger partial charge on any atom is -0.361 e. The summed E-state index contributed by atoms with van der Waals surface area (Å²) in [7, 11) is 0. The van der Waals surface area contributed by atoms with E-state index in [0.717, 1.165) is 18.7 Å². The van der Waals surface area contributed by atoms with Gasteiger partial charge in [-0.25, -0.2) is 0 Å². The first kappa shape index (κ1) is 18.4. The molecule has 1 aromatic heterocycles. The minimum absolute atomic E-state index is 1.02. The monoisotopic (exact) mass is 376 g/mol. The highest BCUT2D eigenvalue weighted by atomic mass is 32.2. The van der Waals surface area contributed by atoms with Crippen LogP contribution in [0.2, 0.25) is 0 Å². The van der Waals surface area contributed by atoms with Gasteiger partial charge in [0.05, 0.1) is 0 Å². The number of fused-ring (bicyclic) bond motifs is 1. The van der Waals surface area contributed by atoms with Crippen LogP contribution in [0.3, 0.4) is 0 Å². The lowest BCUT2D eigenvalue weighted by Crippen LogP contribution is -2.29. The summed E-state index contributed by atoms with van der Waals surface area (Å²) in [6, 6.07) is 17.5. The molecule has 3 heteroatoms. The van der Waals surface area contributed by atoms with Crippen molar-refractivity contribution in [1.82, 2.24) is 9.88 Å². The van der Waals surface area contributed by atoms with Crippen LogP contribution in [-0.4, -0.2) is 29.5 Å². The maximum Gasteiger partial charge on any atom is 0.0461 e. The van der Waals surface area contributed by atoms with Gasteiger partial charge in [0.2, 0.25) is 0 Å². The van der Waals surface area contributed by atoms with Crippen LogP contribution in [-0.2, 0) is 5.75 Å². The van der Waals surface area contributed by atoms with Crippen LogP contribution in [0.5, 0.6) is 0 Å². The molecule has 1 aliphatic heterocycles. The first-order valence-electron chi connectivity index (χ1n) is 10.0. The van der Waals surface area contributed by atoms with Crippen LogP contribution in [0, 0.1) is 0 Å². The van der Waals surface area contributed by atoms with E-state index in [2.05, 4.69) is 77.6 Å². The Bertz CT molecular complexity index is 911. The van der Waals surface area contributed by atoms with Crippen molar-refractivity contribution in [1.29, 1.82) is 0 Å². The fourth-order valence-electron chi connectivity index (χ4n) is 3.74. The second-order valence-electron chi connectivity index (χ2n) is 7.32. The SMILES string of the molecule is CCCCN1CC=C(c2c[nH]c3ccc(SCc4ccccc4)cc23)CC1. The first-order chi connectivity index (χ1) is 13.3. The zero-order chi connectivity index (χ0) is 18.5.